The number of hydrogen-bond acceptors (Lipinski definition) is 3. The molecule has 0 amide bonds. The van der Waals surface area contributed by atoms with Gasteiger partial charge in [0.25, 0.3) is 0 Å². The third-order valence-electron chi connectivity index (χ3n) is 1.30. The summed E-state index contributed by atoms with van der Waals surface area (Å²) in [6, 6.07) is 4.21. The minimum atomic E-state index is 0.801. The van der Waals surface area contributed by atoms with Crippen molar-refractivity contribution in [1.82, 2.24) is 4.90 Å². The van der Waals surface area contributed by atoms with Crippen molar-refractivity contribution >= 4 is 39.9 Å². The lowest BCUT2D eigenvalue weighted by Gasteiger charge is -2.10. The fraction of sp³-hybridized carbons (Fsp3) is 0.429. The first-order valence-electron chi connectivity index (χ1n) is 3.26. The Balaban J connectivity index is 2.50. The molecule has 0 saturated carbocycles. The van der Waals surface area contributed by atoms with Crippen LogP contribution in [-0.2, 0) is 6.54 Å². The molecular weight excluding hydrogens is 242 g/mol. The fourth-order valence-corrected chi connectivity index (χ4v) is 2.42. The van der Waals surface area contributed by atoms with E-state index in [4.69, 9.17) is 0 Å². The van der Waals surface area contributed by atoms with E-state index in [2.05, 4.69) is 52.6 Å². The highest BCUT2D eigenvalue weighted by Gasteiger charge is 1.99. The molecule has 0 aliphatic heterocycles. The van der Waals surface area contributed by atoms with Gasteiger partial charge in [0, 0.05) is 17.3 Å². The van der Waals surface area contributed by atoms with E-state index in [0.29, 0.717) is 0 Å². The van der Waals surface area contributed by atoms with Gasteiger partial charge in [0.05, 0.1) is 3.79 Å². The number of thiol groups is 1. The Labute approximate surface area is 84.9 Å². The maximum absolute atomic E-state index is 4.17. The third-order valence-corrected chi connectivity index (χ3v) is 3.39. The van der Waals surface area contributed by atoms with Crippen LogP contribution < -0.4 is 0 Å². The van der Waals surface area contributed by atoms with Gasteiger partial charge in [-0.2, -0.15) is 12.6 Å². The third kappa shape index (κ3) is 3.15. The Kier molecular flexibility index (Phi) is 3.92. The van der Waals surface area contributed by atoms with E-state index >= 15 is 0 Å². The Bertz CT molecular complexity index is 224. The van der Waals surface area contributed by atoms with Crippen LogP contribution in [0.2, 0.25) is 0 Å². The number of halogens is 1. The van der Waals surface area contributed by atoms with E-state index in [1.807, 2.05) is 0 Å². The van der Waals surface area contributed by atoms with Gasteiger partial charge in [0.2, 0.25) is 0 Å². The molecule has 0 aliphatic carbocycles. The molecule has 0 unspecified atom stereocenters. The Hall–Kier alpha value is 0.490. The van der Waals surface area contributed by atoms with Gasteiger partial charge in [0.1, 0.15) is 0 Å². The van der Waals surface area contributed by atoms with Gasteiger partial charge in [-0.3, -0.25) is 4.90 Å². The monoisotopic (exact) mass is 251 g/mol. The Morgan fingerprint density at radius 2 is 2.36 bits per heavy atom. The molecule has 0 bridgehead atoms. The van der Waals surface area contributed by atoms with Crippen molar-refractivity contribution in [2.45, 2.75) is 6.54 Å². The molecule has 0 atom stereocenters. The molecule has 0 aromatic carbocycles. The van der Waals surface area contributed by atoms with E-state index in [1.165, 1.54) is 8.66 Å². The largest absolute Gasteiger partial charge is 0.292 e. The lowest BCUT2D eigenvalue weighted by molar-refractivity contribution is 0.391. The van der Waals surface area contributed by atoms with Crippen LogP contribution >= 0.6 is 39.9 Å². The van der Waals surface area contributed by atoms with E-state index in [-0.39, 0.29) is 0 Å². The summed E-state index contributed by atoms with van der Waals surface area (Å²) in [5, 5.41) is 0. The van der Waals surface area contributed by atoms with Crippen molar-refractivity contribution < 1.29 is 0 Å². The smallest absolute Gasteiger partial charge is 0.0701 e. The fourth-order valence-electron chi connectivity index (χ4n) is 0.753. The standard InChI is InChI=1S/C7H10BrNS2/c1-9(5-10)4-6-2-3-7(8)11-6/h2-3,10H,4-5H2,1H3. The van der Waals surface area contributed by atoms with Crippen molar-refractivity contribution in [3.8, 4) is 0 Å². The number of hydrogen-bond donors (Lipinski definition) is 1. The van der Waals surface area contributed by atoms with Crippen LogP contribution in [0.1, 0.15) is 4.88 Å². The van der Waals surface area contributed by atoms with Gasteiger partial charge in [-0.25, -0.2) is 0 Å². The molecular formula is C7H10BrNS2. The molecule has 0 N–H and O–H groups in total. The van der Waals surface area contributed by atoms with Crippen molar-refractivity contribution in [1.29, 1.82) is 0 Å². The summed E-state index contributed by atoms with van der Waals surface area (Å²) < 4.78 is 1.19. The summed E-state index contributed by atoms with van der Waals surface area (Å²) in [4.78, 5) is 3.52. The molecule has 0 saturated heterocycles. The summed E-state index contributed by atoms with van der Waals surface area (Å²) in [5.74, 6) is 0.801. The van der Waals surface area contributed by atoms with Crippen molar-refractivity contribution in [2.75, 3.05) is 12.9 Å². The summed E-state index contributed by atoms with van der Waals surface area (Å²) >= 11 is 9.37. The quantitative estimate of drug-likeness (QED) is 0.639. The van der Waals surface area contributed by atoms with Crippen molar-refractivity contribution in [2.24, 2.45) is 0 Å². The second-order valence-electron chi connectivity index (χ2n) is 2.36. The van der Waals surface area contributed by atoms with Crippen LogP contribution in [-0.4, -0.2) is 17.8 Å². The van der Waals surface area contributed by atoms with Crippen molar-refractivity contribution in [3.63, 3.8) is 0 Å². The first-order chi connectivity index (χ1) is 5.22. The highest BCUT2D eigenvalue weighted by atomic mass is 79.9. The molecule has 62 valence electrons. The predicted molar refractivity (Wildman–Crippen MR) is 57.3 cm³/mol. The highest BCUT2D eigenvalue weighted by molar-refractivity contribution is 9.11. The van der Waals surface area contributed by atoms with Crippen LogP contribution in [0.5, 0.6) is 0 Å². The molecule has 1 heterocycles. The van der Waals surface area contributed by atoms with Gasteiger partial charge in [-0.05, 0) is 35.1 Å². The first-order valence-corrected chi connectivity index (χ1v) is 5.50. The molecule has 4 heteroatoms. The Morgan fingerprint density at radius 3 is 2.82 bits per heavy atom. The average Bonchev–Trinajstić information content (AvgIpc) is 2.35. The zero-order valence-electron chi connectivity index (χ0n) is 6.25. The predicted octanol–water partition coefficient (Wildman–Crippen LogP) is 2.83. The molecule has 0 aliphatic rings. The minimum absolute atomic E-state index is 0.801. The second-order valence-corrected chi connectivity index (χ2v) is 5.19. The molecule has 0 fully saturated rings. The van der Waals surface area contributed by atoms with Crippen LogP contribution in [0.4, 0.5) is 0 Å². The van der Waals surface area contributed by atoms with Crippen LogP contribution in [0.25, 0.3) is 0 Å². The van der Waals surface area contributed by atoms with Gasteiger partial charge >= 0.3 is 0 Å². The van der Waals surface area contributed by atoms with Crippen LogP contribution in [0.3, 0.4) is 0 Å². The molecule has 11 heavy (non-hydrogen) atoms. The van der Waals surface area contributed by atoms with E-state index in [1.54, 1.807) is 11.3 Å². The second kappa shape index (κ2) is 4.50. The van der Waals surface area contributed by atoms with Gasteiger partial charge in [0.15, 0.2) is 0 Å². The molecule has 0 spiro atoms. The molecule has 0 radical (unpaired) electrons. The lowest BCUT2D eigenvalue weighted by atomic mass is 10.4. The average molecular weight is 252 g/mol. The van der Waals surface area contributed by atoms with Crippen molar-refractivity contribution in [3.05, 3.63) is 20.8 Å². The normalized spacial score (nSPS) is 10.9. The van der Waals surface area contributed by atoms with Crippen LogP contribution in [0.15, 0.2) is 15.9 Å². The molecule has 1 nitrogen and oxygen atoms in total. The van der Waals surface area contributed by atoms with E-state index in [9.17, 15) is 0 Å². The topological polar surface area (TPSA) is 3.24 Å². The van der Waals surface area contributed by atoms with E-state index in [0.717, 1.165) is 12.4 Å². The highest BCUT2D eigenvalue weighted by Crippen LogP contribution is 2.22. The molecule has 1 rings (SSSR count). The zero-order valence-corrected chi connectivity index (χ0v) is 9.55. The number of rotatable bonds is 3. The van der Waals surface area contributed by atoms with E-state index < -0.39 is 0 Å². The zero-order chi connectivity index (χ0) is 8.27. The number of thiophene rings is 1. The summed E-state index contributed by atoms with van der Waals surface area (Å²) in [5.41, 5.74) is 0. The van der Waals surface area contributed by atoms with Gasteiger partial charge < -0.3 is 0 Å². The molecule has 1 aromatic heterocycles. The maximum atomic E-state index is 4.17. The van der Waals surface area contributed by atoms with Crippen LogP contribution in [0, 0.1) is 0 Å². The SMILES string of the molecule is CN(CS)Cc1ccc(Br)s1. The summed E-state index contributed by atoms with van der Waals surface area (Å²) in [6.07, 6.45) is 0. The Morgan fingerprint density at radius 1 is 1.64 bits per heavy atom. The maximum Gasteiger partial charge on any atom is 0.0701 e. The van der Waals surface area contributed by atoms with Gasteiger partial charge in [-0.1, -0.05) is 0 Å². The first kappa shape index (κ1) is 9.58. The lowest BCUT2D eigenvalue weighted by Crippen LogP contribution is -2.14. The molecule has 1 aromatic rings. The number of nitrogens with zero attached hydrogens (tertiary/aromatic N) is 1. The summed E-state index contributed by atoms with van der Waals surface area (Å²) in [7, 11) is 2.06. The minimum Gasteiger partial charge on any atom is -0.292 e. The summed E-state index contributed by atoms with van der Waals surface area (Å²) in [6.45, 7) is 0.986. The van der Waals surface area contributed by atoms with Gasteiger partial charge in [-0.15, -0.1) is 11.3 Å².